The van der Waals surface area contributed by atoms with Gasteiger partial charge in [0.25, 0.3) is 0 Å². The van der Waals surface area contributed by atoms with E-state index in [-0.39, 0.29) is 11.4 Å². The van der Waals surface area contributed by atoms with Crippen LogP contribution >= 0.6 is 11.3 Å². The molecule has 5 rings (SSSR count). The molecule has 2 aromatic heterocycles. The number of nitrogens with zero attached hydrogens (tertiary/aromatic N) is 2. The summed E-state index contributed by atoms with van der Waals surface area (Å²) in [7, 11) is -3.92. The Morgan fingerprint density at radius 1 is 1.19 bits per heavy atom. The van der Waals surface area contributed by atoms with Gasteiger partial charge in [0.2, 0.25) is 15.9 Å². The topological polar surface area (TPSA) is 92.5 Å². The summed E-state index contributed by atoms with van der Waals surface area (Å²) < 4.78 is 46.1. The maximum Gasteiger partial charge on any atom is 0.244 e. The molecule has 0 aliphatic carbocycles. The highest BCUT2D eigenvalue weighted by Crippen LogP contribution is 2.31. The number of sulfonamides is 1. The third-order valence-electron chi connectivity index (χ3n) is 5.34. The number of carbonyl (C=O) groups excluding carboxylic acids is 1. The summed E-state index contributed by atoms with van der Waals surface area (Å²) in [6.45, 7) is 0.222. The van der Waals surface area contributed by atoms with Gasteiger partial charge < -0.3 is 9.73 Å². The fraction of sp³-hybridized carbons (Fsp3) is 0.182. The highest BCUT2D eigenvalue weighted by Gasteiger charge is 2.39. The molecule has 1 amide bonds. The number of furan rings is 1. The first kappa shape index (κ1) is 20.8. The molecular weight excluding hydrogens is 453 g/mol. The largest absolute Gasteiger partial charge is 0.454 e. The van der Waals surface area contributed by atoms with Crippen molar-refractivity contribution >= 4 is 43.4 Å². The Hall–Kier alpha value is -3.08. The first-order valence-electron chi connectivity index (χ1n) is 9.94. The molecular formula is C22H18FN3O4S2. The van der Waals surface area contributed by atoms with Crippen molar-refractivity contribution in [2.24, 2.45) is 0 Å². The Bertz CT molecular complexity index is 1360. The van der Waals surface area contributed by atoms with Crippen LogP contribution in [0, 0.1) is 5.82 Å². The number of para-hydroxylation sites is 1. The van der Waals surface area contributed by atoms with Crippen LogP contribution in [-0.4, -0.2) is 36.2 Å². The number of rotatable bonds is 5. The monoisotopic (exact) mass is 471 g/mol. The molecule has 4 aromatic rings. The molecule has 2 aromatic carbocycles. The number of aromatic nitrogens is 1. The number of nitrogens with one attached hydrogen (secondary N) is 1. The first-order chi connectivity index (χ1) is 15.4. The molecule has 1 N–H and O–H groups in total. The van der Waals surface area contributed by atoms with Crippen LogP contribution in [0.2, 0.25) is 0 Å². The second-order valence-electron chi connectivity index (χ2n) is 7.40. The number of hydrogen-bond donors (Lipinski definition) is 1. The maximum absolute atomic E-state index is 13.2. The van der Waals surface area contributed by atoms with Crippen LogP contribution in [0.15, 0.2) is 69.3 Å². The van der Waals surface area contributed by atoms with Crippen molar-refractivity contribution in [3.63, 3.8) is 0 Å². The summed E-state index contributed by atoms with van der Waals surface area (Å²) in [6, 6.07) is 13.2. The fourth-order valence-electron chi connectivity index (χ4n) is 3.77. The van der Waals surface area contributed by atoms with Crippen molar-refractivity contribution in [2.45, 2.75) is 23.8 Å². The van der Waals surface area contributed by atoms with E-state index in [9.17, 15) is 17.6 Å². The van der Waals surface area contributed by atoms with E-state index < -0.39 is 27.8 Å². The van der Waals surface area contributed by atoms with E-state index >= 15 is 0 Å². The molecule has 164 valence electrons. The van der Waals surface area contributed by atoms with Crippen molar-refractivity contribution in [1.29, 1.82) is 0 Å². The van der Waals surface area contributed by atoms with E-state index in [1.165, 1.54) is 27.8 Å². The fourth-order valence-corrected chi connectivity index (χ4v) is 6.13. The predicted molar refractivity (Wildman–Crippen MR) is 119 cm³/mol. The zero-order valence-corrected chi connectivity index (χ0v) is 18.3. The van der Waals surface area contributed by atoms with Gasteiger partial charge in [0.15, 0.2) is 10.9 Å². The van der Waals surface area contributed by atoms with Gasteiger partial charge in [-0.15, -0.1) is 11.3 Å². The lowest BCUT2D eigenvalue weighted by Crippen LogP contribution is -2.43. The van der Waals surface area contributed by atoms with Crippen molar-refractivity contribution in [2.75, 3.05) is 11.9 Å². The number of amides is 1. The average molecular weight is 472 g/mol. The van der Waals surface area contributed by atoms with Crippen LogP contribution in [0.3, 0.4) is 0 Å². The molecule has 1 fully saturated rings. The van der Waals surface area contributed by atoms with E-state index in [1.54, 1.807) is 5.38 Å². The lowest BCUT2D eigenvalue weighted by molar-refractivity contribution is -0.119. The second-order valence-corrected chi connectivity index (χ2v) is 10.2. The molecule has 3 heterocycles. The summed E-state index contributed by atoms with van der Waals surface area (Å²) in [5.74, 6) is -0.383. The highest BCUT2D eigenvalue weighted by atomic mass is 32.2. The van der Waals surface area contributed by atoms with Gasteiger partial charge in [-0.25, -0.2) is 17.8 Å². The number of halogens is 1. The van der Waals surface area contributed by atoms with Crippen LogP contribution in [0.1, 0.15) is 12.8 Å². The number of carbonyl (C=O) groups is 1. The van der Waals surface area contributed by atoms with Crippen molar-refractivity contribution in [3.05, 3.63) is 65.8 Å². The molecule has 1 saturated heterocycles. The summed E-state index contributed by atoms with van der Waals surface area (Å²) in [5.41, 5.74) is 1.33. The van der Waals surface area contributed by atoms with Crippen LogP contribution in [0.5, 0.6) is 0 Å². The Balaban J connectivity index is 1.34. The number of thiazole rings is 1. The third-order valence-corrected chi connectivity index (χ3v) is 8.02. The molecule has 0 radical (unpaired) electrons. The van der Waals surface area contributed by atoms with Gasteiger partial charge in [0.05, 0.1) is 4.90 Å². The molecule has 10 heteroatoms. The number of fused-ring (bicyclic) bond motifs is 1. The van der Waals surface area contributed by atoms with E-state index in [0.29, 0.717) is 29.4 Å². The van der Waals surface area contributed by atoms with Gasteiger partial charge in [-0.05, 0) is 49.2 Å². The average Bonchev–Trinajstić information content (AvgIpc) is 3.52. The molecule has 1 aliphatic heterocycles. The number of hydrogen-bond acceptors (Lipinski definition) is 6. The van der Waals surface area contributed by atoms with E-state index in [4.69, 9.17) is 4.42 Å². The normalized spacial score (nSPS) is 17.1. The molecule has 1 unspecified atom stereocenters. The van der Waals surface area contributed by atoms with E-state index in [1.807, 2.05) is 30.3 Å². The quantitative estimate of drug-likeness (QED) is 0.463. The van der Waals surface area contributed by atoms with Gasteiger partial charge in [0, 0.05) is 17.3 Å². The molecule has 0 saturated carbocycles. The second kappa shape index (κ2) is 8.12. The summed E-state index contributed by atoms with van der Waals surface area (Å²) in [6.07, 6.45) is 0.953. The summed E-state index contributed by atoms with van der Waals surface area (Å²) in [4.78, 5) is 17.3. The Morgan fingerprint density at radius 3 is 2.75 bits per heavy atom. The smallest absolute Gasteiger partial charge is 0.244 e. The summed E-state index contributed by atoms with van der Waals surface area (Å²) in [5, 5.41) is 5.81. The van der Waals surface area contributed by atoms with Crippen LogP contribution in [0.4, 0.5) is 9.52 Å². The zero-order valence-electron chi connectivity index (χ0n) is 16.7. The van der Waals surface area contributed by atoms with E-state index in [0.717, 1.165) is 23.1 Å². The third kappa shape index (κ3) is 3.81. The minimum absolute atomic E-state index is 0.0416. The van der Waals surface area contributed by atoms with Gasteiger partial charge >= 0.3 is 0 Å². The molecule has 32 heavy (non-hydrogen) atoms. The minimum Gasteiger partial charge on any atom is -0.454 e. The summed E-state index contributed by atoms with van der Waals surface area (Å²) >= 11 is 1.24. The van der Waals surface area contributed by atoms with E-state index in [2.05, 4.69) is 10.3 Å². The molecule has 0 spiro atoms. The van der Waals surface area contributed by atoms with Gasteiger partial charge in [0.1, 0.15) is 23.1 Å². The maximum atomic E-state index is 13.2. The Morgan fingerprint density at radius 2 is 1.97 bits per heavy atom. The molecule has 0 bridgehead atoms. The number of benzene rings is 2. The molecule has 1 atom stereocenters. The van der Waals surface area contributed by atoms with Gasteiger partial charge in [-0.1, -0.05) is 18.2 Å². The molecule has 1 aliphatic rings. The predicted octanol–water partition coefficient (Wildman–Crippen LogP) is 4.49. The van der Waals surface area contributed by atoms with Crippen molar-refractivity contribution < 1.29 is 22.0 Å². The molecule has 7 nitrogen and oxygen atoms in total. The number of anilines is 1. The Kier molecular flexibility index (Phi) is 5.28. The Labute approximate surface area is 187 Å². The van der Waals surface area contributed by atoms with Gasteiger partial charge in [-0.3, -0.25) is 4.79 Å². The zero-order chi connectivity index (χ0) is 22.3. The van der Waals surface area contributed by atoms with Crippen molar-refractivity contribution in [3.8, 4) is 11.5 Å². The standard InChI is InChI=1S/C22H18FN3O4S2/c23-15-7-9-16(10-8-15)32(28,29)26-11-3-5-18(26)21(27)25-22-24-17(13-31-22)20-12-14-4-1-2-6-19(14)30-20/h1-2,4,6-10,12-13,18H,3,5,11H2,(H,24,25,27). The van der Waals surface area contributed by atoms with Crippen LogP contribution in [-0.2, 0) is 14.8 Å². The first-order valence-corrected chi connectivity index (χ1v) is 12.3. The van der Waals surface area contributed by atoms with Crippen LogP contribution in [0.25, 0.3) is 22.4 Å². The van der Waals surface area contributed by atoms with Gasteiger partial charge in [-0.2, -0.15) is 4.31 Å². The highest BCUT2D eigenvalue weighted by molar-refractivity contribution is 7.89. The minimum atomic E-state index is -3.92. The van der Waals surface area contributed by atoms with Crippen LogP contribution < -0.4 is 5.32 Å². The lowest BCUT2D eigenvalue weighted by Gasteiger charge is -2.23. The van der Waals surface area contributed by atoms with Crippen molar-refractivity contribution in [1.82, 2.24) is 9.29 Å². The SMILES string of the molecule is O=C(Nc1nc(-c2cc3ccccc3o2)cs1)C1CCCN1S(=O)(=O)c1ccc(F)cc1. The lowest BCUT2D eigenvalue weighted by atomic mass is 10.2.